The first-order valence-corrected chi connectivity index (χ1v) is 7.52. The zero-order chi connectivity index (χ0) is 15.5. The van der Waals surface area contributed by atoms with Crippen molar-refractivity contribution in [2.45, 2.75) is 26.2 Å². The van der Waals surface area contributed by atoms with Crippen molar-refractivity contribution >= 4 is 10.8 Å². The number of nitrogens with zero attached hydrogens (tertiary/aromatic N) is 1. The van der Waals surface area contributed by atoms with Crippen LogP contribution >= 0.6 is 0 Å². The standard InChI is InChI=1S/C19H17F2N/c1-2-3-6-13-11-14(9-10-17(13)20)19-16-8-5-4-7-15(16)18(21)12-22-19/h4-5,7-12H,2-3,6H2,1H3. The highest BCUT2D eigenvalue weighted by molar-refractivity contribution is 5.94. The Balaban J connectivity index is 2.14. The Hall–Kier alpha value is -2.29. The highest BCUT2D eigenvalue weighted by atomic mass is 19.1. The number of rotatable bonds is 4. The molecule has 1 heterocycles. The zero-order valence-electron chi connectivity index (χ0n) is 12.4. The van der Waals surface area contributed by atoms with Crippen molar-refractivity contribution in [2.75, 3.05) is 0 Å². The van der Waals surface area contributed by atoms with Gasteiger partial charge in [0.1, 0.15) is 11.6 Å². The second kappa shape index (κ2) is 6.22. The highest BCUT2D eigenvalue weighted by Crippen LogP contribution is 2.29. The third kappa shape index (κ3) is 2.71. The summed E-state index contributed by atoms with van der Waals surface area (Å²) in [7, 11) is 0. The first-order chi connectivity index (χ1) is 10.7. The number of pyridine rings is 1. The Morgan fingerprint density at radius 2 is 1.73 bits per heavy atom. The third-order valence-electron chi connectivity index (χ3n) is 3.87. The molecule has 0 atom stereocenters. The Kier molecular flexibility index (Phi) is 4.14. The first kappa shape index (κ1) is 14.6. The molecule has 0 radical (unpaired) electrons. The van der Waals surface area contributed by atoms with Crippen LogP contribution in [0.15, 0.2) is 48.7 Å². The Bertz CT molecular complexity index is 812. The van der Waals surface area contributed by atoms with Crippen LogP contribution in [-0.4, -0.2) is 4.98 Å². The first-order valence-electron chi connectivity index (χ1n) is 7.52. The van der Waals surface area contributed by atoms with E-state index >= 15 is 0 Å². The fraction of sp³-hybridized carbons (Fsp3) is 0.211. The molecule has 22 heavy (non-hydrogen) atoms. The van der Waals surface area contributed by atoms with Gasteiger partial charge >= 0.3 is 0 Å². The summed E-state index contributed by atoms with van der Waals surface area (Å²) in [5, 5.41) is 1.28. The summed E-state index contributed by atoms with van der Waals surface area (Å²) in [6.07, 6.45) is 3.89. The molecule has 0 spiro atoms. The van der Waals surface area contributed by atoms with Crippen molar-refractivity contribution in [1.82, 2.24) is 4.98 Å². The van der Waals surface area contributed by atoms with Crippen molar-refractivity contribution in [1.29, 1.82) is 0 Å². The Morgan fingerprint density at radius 1 is 0.955 bits per heavy atom. The van der Waals surface area contributed by atoms with E-state index in [-0.39, 0.29) is 11.6 Å². The Labute approximate surface area is 128 Å². The molecule has 0 N–H and O–H groups in total. The molecule has 0 amide bonds. The van der Waals surface area contributed by atoms with Crippen LogP contribution < -0.4 is 0 Å². The predicted molar refractivity (Wildman–Crippen MR) is 85.7 cm³/mol. The minimum absolute atomic E-state index is 0.191. The third-order valence-corrected chi connectivity index (χ3v) is 3.87. The van der Waals surface area contributed by atoms with Gasteiger partial charge in [0.2, 0.25) is 0 Å². The minimum atomic E-state index is -0.340. The van der Waals surface area contributed by atoms with Gasteiger partial charge in [0.15, 0.2) is 0 Å². The maximum atomic E-state index is 13.9. The van der Waals surface area contributed by atoms with E-state index in [0.29, 0.717) is 23.1 Å². The van der Waals surface area contributed by atoms with E-state index in [4.69, 9.17) is 0 Å². The lowest BCUT2D eigenvalue weighted by Crippen LogP contribution is -1.94. The fourth-order valence-corrected chi connectivity index (χ4v) is 2.67. The van der Waals surface area contributed by atoms with Gasteiger partial charge in [-0.15, -0.1) is 0 Å². The summed E-state index contributed by atoms with van der Waals surface area (Å²) in [5.41, 5.74) is 2.20. The maximum absolute atomic E-state index is 13.9. The van der Waals surface area contributed by atoms with Gasteiger partial charge < -0.3 is 0 Å². The van der Waals surface area contributed by atoms with Crippen LogP contribution in [-0.2, 0) is 6.42 Å². The molecule has 0 fully saturated rings. The van der Waals surface area contributed by atoms with Crippen LogP contribution in [0, 0.1) is 11.6 Å². The normalized spacial score (nSPS) is 11.0. The van der Waals surface area contributed by atoms with Crippen LogP contribution in [0.2, 0.25) is 0 Å². The van der Waals surface area contributed by atoms with Gasteiger partial charge in [0.25, 0.3) is 0 Å². The topological polar surface area (TPSA) is 12.9 Å². The van der Waals surface area contributed by atoms with Crippen LogP contribution in [0.25, 0.3) is 22.0 Å². The molecule has 0 aliphatic heterocycles. The molecule has 0 aliphatic carbocycles. The lowest BCUT2D eigenvalue weighted by molar-refractivity contribution is 0.603. The lowest BCUT2D eigenvalue weighted by Gasteiger charge is -2.09. The van der Waals surface area contributed by atoms with Crippen LogP contribution in [0.1, 0.15) is 25.3 Å². The maximum Gasteiger partial charge on any atom is 0.149 e. The largest absolute Gasteiger partial charge is 0.253 e. The van der Waals surface area contributed by atoms with Crippen molar-refractivity contribution in [3.63, 3.8) is 0 Å². The molecule has 3 heteroatoms. The fourth-order valence-electron chi connectivity index (χ4n) is 2.67. The van der Waals surface area contributed by atoms with E-state index in [1.807, 2.05) is 18.2 Å². The van der Waals surface area contributed by atoms with Gasteiger partial charge in [-0.1, -0.05) is 37.6 Å². The molecule has 1 nitrogen and oxygen atoms in total. The average Bonchev–Trinajstić information content (AvgIpc) is 2.55. The molecule has 112 valence electrons. The number of fused-ring (bicyclic) bond motifs is 1. The van der Waals surface area contributed by atoms with E-state index in [1.165, 1.54) is 12.3 Å². The van der Waals surface area contributed by atoms with Gasteiger partial charge in [-0.2, -0.15) is 0 Å². The second-order valence-corrected chi connectivity index (χ2v) is 5.41. The van der Waals surface area contributed by atoms with Crippen molar-refractivity contribution < 1.29 is 8.78 Å². The van der Waals surface area contributed by atoms with Gasteiger partial charge in [0, 0.05) is 16.3 Å². The van der Waals surface area contributed by atoms with Crippen molar-refractivity contribution in [3.05, 3.63) is 65.9 Å². The molecule has 0 bridgehead atoms. The summed E-state index contributed by atoms with van der Waals surface area (Å²) >= 11 is 0. The number of aryl methyl sites for hydroxylation is 1. The summed E-state index contributed by atoms with van der Waals surface area (Å²) in [6, 6.07) is 12.2. The van der Waals surface area contributed by atoms with E-state index in [0.717, 1.165) is 23.8 Å². The molecule has 2 aromatic carbocycles. The van der Waals surface area contributed by atoms with Crippen LogP contribution in [0.3, 0.4) is 0 Å². The molecule has 0 saturated heterocycles. The van der Waals surface area contributed by atoms with Gasteiger partial charge in [0.05, 0.1) is 11.9 Å². The molecular formula is C19H17F2N. The average molecular weight is 297 g/mol. The SMILES string of the molecule is CCCCc1cc(-c2ncc(F)c3ccccc23)ccc1F. The number of hydrogen-bond acceptors (Lipinski definition) is 1. The summed E-state index contributed by atoms with van der Waals surface area (Å²) in [5.74, 6) is -0.531. The van der Waals surface area contributed by atoms with Crippen molar-refractivity contribution in [3.8, 4) is 11.3 Å². The number of aromatic nitrogens is 1. The van der Waals surface area contributed by atoms with Crippen LogP contribution in [0.5, 0.6) is 0 Å². The smallest absolute Gasteiger partial charge is 0.149 e. The summed E-state index contributed by atoms with van der Waals surface area (Å²) in [4.78, 5) is 4.23. The minimum Gasteiger partial charge on any atom is -0.253 e. The van der Waals surface area contributed by atoms with E-state index in [1.54, 1.807) is 18.2 Å². The van der Waals surface area contributed by atoms with Gasteiger partial charge in [-0.05, 0) is 36.6 Å². The second-order valence-electron chi connectivity index (χ2n) is 5.41. The Morgan fingerprint density at radius 3 is 2.50 bits per heavy atom. The molecule has 0 saturated carbocycles. The monoisotopic (exact) mass is 297 g/mol. The van der Waals surface area contributed by atoms with E-state index < -0.39 is 0 Å². The number of halogens is 2. The van der Waals surface area contributed by atoms with Gasteiger partial charge in [-0.3, -0.25) is 4.98 Å². The molecule has 3 aromatic rings. The van der Waals surface area contributed by atoms with E-state index in [2.05, 4.69) is 11.9 Å². The van der Waals surface area contributed by atoms with Crippen LogP contribution in [0.4, 0.5) is 8.78 Å². The summed E-state index contributed by atoms with van der Waals surface area (Å²) in [6.45, 7) is 2.08. The van der Waals surface area contributed by atoms with E-state index in [9.17, 15) is 8.78 Å². The highest BCUT2D eigenvalue weighted by Gasteiger charge is 2.11. The number of unbranched alkanes of at least 4 members (excludes halogenated alkanes) is 1. The zero-order valence-corrected chi connectivity index (χ0v) is 12.4. The molecule has 0 unspecified atom stereocenters. The molecule has 1 aromatic heterocycles. The quantitative estimate of drug-likeness (QED) is 0.617. The lowest BCUT2D eigenvalue weighted by atomic mass is 9.99. The van der Waals surface area contributed by atoms with Gasteiger partial charge in [-0.25, -0.2) is 8.78 Å². The number of hydrogen-bond donors (Lipinski definition) is 0. The number of benzene rings is 2. The predicted octanol–water partition coefficient (Wildman–Crippen LogP) is 5.52. The van der Waals surface area contributed by atoms with Crippen molar-refractivity contribution in [2.24, 2.45) is 0 Å². The molecule has 0 aliphatic rings. The summed E-state index contributed by atoms with van der Waals surface area (Å²) < 4.78 is 27.8. The molecular weight excluding hydrogens is 280 g/mol. The molecule has 3 rings (SSSR count).